The number of fused-ring (bicyclic) bond motifs is 1. The molecule has 7 nitrogen and oxygen atoms in total. The highest BCUT2D eigenvalue weighted by molar-refractivity contribution is 7.99. The van der Waals surface area contributed by atoms with Gasteiger partial charge in [-0.1, -0.05) is 65.4 Å². The maximum absolute atomic E-state index is 10.9. The van der Waals surface area contributed by atoms with Gasteiger partial charge in [0.1, 0.15) is 23.7 Å². The van der Waals surface area contributed by atoms with E-state index in [9.17, 15) is 5.11 Å². The van der Waals surface area contributed by atoms with Gasteiger partial charge in [-0.3, -0.25) is 0 Å². The Labute approximate surface area is 160 Å². The van der Waals surface area contributed by atoms with Gasteiger partial charge in [0, 0.05) is 15.4 Å². The normalized spacial score (nSPS) is 32.9. The number of nitrogens with zero attached hydrogens (tertiary/aromatic N) is 3. The predicted molar refractivity (Wildman–Crippen MR) is 99.9 cm³/mol. The Balaban J connectivity index is 1.53. The van der Waals surface area contributed by atoms with Crippen molar-refractivity contribution >= 4 is 11.8 Å². The maximum atomic E-state index is 10.9. The SMILES string of the molecule is [N-]=[N+]=N[C@@H]1[C@@H](O)[C@@H]2OC(c3ccccc3)OC[C@H]2O[C@H]1Sc1ccccc1. The van der Waals surface area contributed by atoms with Gasteiger partial charge in [-0.25, -0.2) is 0 Å². The summed E-state index contributed by atoms with van der Waals surface area (Å²) >= 11 is 1.41. The first-order valence-corrected chi connectivity index (χ1v) is 9.55. The zero-order chi connectivity index (χ0) is 18.6. The molecule has 2 aliphatic heterocycles. The molecule has 2 saturated heterocycles. The van der Waals surface area contributed by atoms with Gasteiger partial charge in [0.15, 0.2) is 6.29 Å². The zero-order valence-corrected chi connectivity index (χ0v) is 15.2. The number of hydrogen-bond acceptors (Lipinski definition) is 6. The summed E-state index contributed by atoms with van der Waals surface area (Å²) in [5.41, 5.74) is 9.30. The fourth-order valence-electron chi connectivity index (χ4n) is 3.27. The van der Waals surface area contributed by atoms with Crippen molar-refractivity contribution in [1.82, 2.24) is 0 Å². The molecule has 8 heteroatoms. The molecular weight excluding hydrogens is 366 g/mol. The van der Waals surface area contributed by atoms with Crippen molar-refractivity contribution in [2.45, 2.75) is 41.0 Å². The van der Waals surface area contributed by atoms with Crippen molar-refractivity contribution in [3.8, 4) is 0 Å². The molecule has 0 aliphatic carbocycles. The molecular formula is C19H19N3O4S. The van der Waals surface area contributed by atoms with E-state index >= 15 is 0 Å². The Morgan fingerprint density at radius 1 is 1.04 bits per heavy atom. The van der Waals surface area contributed by atoms with Crippen LogP contribution >= 0.6 is 11.8 Å². The first-order chi connectivity index (χ1) is 13.3. The standard InChI is InChI=1S/C19H19N3O4S/c20-22-21-15-16(23)17-14(25-19(15)27-13-9-5-2-6-10-13)11-24-18(26-17)12-7-3-1-4-8-12/h1-10,14-19,23H,11H2/t14-,15-,16-,17-,18?,19+/m1/s1. The highest BCUT2D eigenvalue weighted by Crippen LogP contribution is 2.39. The van der Waals surface area contributed by atoms with Crippen LogP contribution in [-0.4, -0.2) is 41.5 Å². The van der Waals surface area contributed by atoms with Crippen molar-refractivity contribution in [3.63, 3.8) is 0 Å². The van der Waals surface area contributed by atoms with Crippen molar-refractivity contribution in [2.75, 3.05) is 6.61 Å². The molecule has 2 aromatic rings. The van der Waals surface area contributed by atoms with Crippen LogP contribution in [0.3, 0.4) is 0 Å². The summed E-state index contributed by atoms with van der Waals surface area (Å²) in [7, 11) is 0. The Morgan fingerprint density at radius 3 is 2.44 bits per heavy atom. The molecule has 0 saturated carbocycles. The van der Waals surface area contributed by atoms with Crippen molar-refractivity contribution in [2.24, 2.45) is 5.11 Å². The first kappa shape index (κ1) is 18.3. The van der Waals surface area contributed by atoms with Gasteiger partial charge < -0.3 is 19.3 Å². The smallest absolute Gasteiger partial charge is 0.184 e. The summed E-state index contributed by atoms with van der Waals surface area (Å²) in [6.45, 7) is 0.288. The van der Waals surface area contributed by atoms with E-state index in [1.807, 2.05) is 60.7 Å². The molecule has 2 aromatic carbocycles. The molecule has 0 spiro atoms. The van der Waals surface area contributed by atoms with E-state index < -0.39 is 36.1 Å². The third-order valence-electron chi connectivity index (χ3n) is 4.59. The summed E-state index contributed by atoms with van der Waals surface area (Å²) in [5, 5.41) is 14.7. The van der Waals surface area contributed by atoms with Gasteiger partial charge in [-0.2, -0.15) is 0 Å². The molecule has 2 fully saturated rings. The molecule has 6 atom stereocenters. The molecule has 1 unspecified atom stereocenters. The highest BCUT2D eigenvalue weighted by Gasteiger charge is 2.49. The Morgan fingerprint density at radius 2 is 1.74 bits per heavy atom. The van der Waals surface area contributed by atoms with Crippen LogP contribution in [0.1, 0.15) is 11.9 Å². The van der Waals surface area contributed by atoms with E-state index in [0.29, 0.717) is 0 Å². The molecule has 0 bridgehead atoms. The van der Waals surface area contributed by atoms with E-state index in [0.717, 1.165) is 10.5 Å². The number of aliphatic hydroxyl groups is 1. The van der Waals surface area contributed by atoms with E-state index in [-0.39, 0.29) is 6.61 Å². The van der Waals surface area contributed by atoms with E-state index in [1.165, 1.54) is 11.8 Å². The molecule has 27 heavy (non-hydrogen) atoms. The minimum absolute atomic E-state index is 0.288. The lowest BCUT2D eigenvalue weighted by atomic mass is 9.97. The van der Waals surface area contributed by atoms with Crippen LogP contribution in [0.4, 0.5) is 0 Å². The van der Waals surface area contributed by atoms with Crippen LogP contribution in [0.15, 0.2) is 70.7 Å². The third-order valence-corrected chi connectivity index (χ3v) is 5.75. The van der Waals surface area contributed by atoms with Crippen LogP contribution < -0.4 is 0 Å². The Hall–Kier alpha value is -2.06. The quantitative estimate of drug-likeness (QED) is 0.492. The number of thioether (sulfide) groups is 1. The Kier molecular flexibility index (Phi) is 5.63. The van der Waals surface area contributed by atoms with Gasteiger partial charge in [-0.05, 0) is 17.7 Å². The van der Waals surface area contributed by atoms with Gasteiger partial charge in [-0.15, -0.1) is 0 Å². The summed E-state index contributed by atoms with van der Waals surface area (Å²) < 4.78 is 17.9. The van der Waals surface area contributed by atoms with Gasteiger partial charge in [0.05, 0.1) is 12.7 Å². The summed E-state index contributed by atoms with van der Waals surface area (Å²) in [6.07, 6.45) is -2.65. The second-order valence-electron chi connectivity index (χ2n) is 6.34. The van der Waals surface area contributed by atoms with E-state index in [4.69, 9.17) is 19.7 Å². The fourth-order valence-corrected chi connectivity index (χ4v) is 4.41. The predicted octanol–water partition coefficient (Wildman–Crippen LogP) is 3.66. The summed E-state index contributed by atoms with van der Waals surface area (Å²) in [4.78, 5) is 3.87. The lowest BCUT2D eigenvalue weighted by molar-refractivity contribution is -0.305. The van der Waals surface area contributed by atoms with Crippen molar-refractivity contribution in [3.05, 3.63) is 76.7 Å². The van der Waals surface area contributed by atoms with Crippen LogP contribution in [-0.2, 0) is 14.2 Å². The molecule has 140 valence electrons. The van der Waals surface area contributed by atoms with Gasteiger partial charge in [0.25, 0.3) is 0 Å². The molecule has 1 N–H and O–H groups in total. The van der Waals surface area contributed by atoms with Gasteiger partial charge >= 0.3 is 0 Å². The number of aliphatic hydroxyl groups excluding tert-OH is 1. The lowest BCUT2D eigenvalue weighted by Crippen LogP contribution is -2.60. The first-order valence-electron chi connectivity index (χ1n) is 8.68. The molecule has 0 aromatic heterocycles. The van der Waals surface area contributed by atoms with Crippen LogP contribution in [0.5, 0.6) is 0 Å². The fraction of sp³-hybridized carbons (Fsp3) is 0.368. The zero-order valence-electron chi connectivity index (χ0n) is 14.4. The van der Waals surface area contributed by atoms with Crippen LogP contribution in [0, 0.1) is 0 Å². The average Bonchev–Trinajstić information content (AvgIpc) is 2.72. The minimum atomic E-state index is -0.990. The molecule has 0 radical (unpaired) electrons. The van der Waals surface area contributed by atoms with E-state index in [1.54, 1.807) is 0 Å². The minimum Gasteiger partial charge on any atom is -0.390 e. The summed E-state index contributed by atoms with van der Waals surface area (Å²) in [5.74, 6) is 0. The van der Waals surface area contributed by atoms with Crippen LogP contribution in [0.2, 0.25) is 0 Å². The molecule has 2 aliphatic rings. The second kappa shape index (κ2) is 8.31. The van der Waals surface area contributed by atoms with Crippen molar-refractivity contribution < 1.29 is 19.3 Å². The number of benzene rings is 2. The third kappa shape index (κ3) is 3.96. The van der Waals surface area contributed by atoms with Gasteiger partial charge in [0.2, 0.25) is 0 Å². The maximum Gasteiger partial charge on any atom is 0.184 e. The van der Waals surface area contributed by atoms with Crippen LogP contribution in [0.25, 0.3) is 10.4 Å². The topological polar surface area (TPSA) is 96.7 Å². The average molecular weight is 385 g/mol. The highest BCUT2D eigenvalue weighted by atomic mass is 32.2. The second-order valence-corrected chi connectivity index (χ2v) is 7.51. The number of hydrogen-bond donors (Lipinski definition) is 1. The van der Waals surface area contributed by atoms with E-state index in [2.05, 4.69) is 10.0 Å². The number of ether oxygens (including phenoxy) is 3. The number of azide groups is 1. The molecule has 0 amide bonds. The largest absolute Gasteiger partial charge is 0.390 e. The number of rotatable bonds is 4. The summed E-state index contributed by atoms with van der Waals surface area (Å²) in [6, 6.07) is 18.4. The van der Waals surface area contributed by atoms with Crippen molar-refractivity contribution in [1.29, 1.82) is 0 Å². The Bertz CT molecular complexity index is 803. The molecule has 4 rings (SSSR count). The monoisotopic (exact) mass is 385 g/mol. The molecule has 2 heterocycles. The lowest BCUT2D eigenvalue weighted by Gasteiger charge is -2.46.